The maximum Gasteiger partial charge on any atom is 0.122 e. The van der Waals surface area contributed by atoms with Crippen molar-refractivity contribution in [1.82, 2.24) is 0 Å². The lowest BCUT2D eigenvalue weighted by Crippen LogP contribution is -2.03. The van der Waals surface area contributed by atoms with Gasteiger partial charge in [-0.1, -0.05) is 26.0 Å². The molecule has 0 fully saturated rings. The lowest BCUT2D eigenvalue weighted by Gasteiger charge is -2.11. The Kier molecular flexibility index (Phi) is 3.96. The zero-order valence-electron chi connectivity index (χ0n) is 9.08. The van der Waals surface area contributed by atoms with Gasteiger partial charge in [0, 0.05) is 0 Å². The molecule has 0 aliphatic carbocycles. The van der Waals surface area contributed by atoms with E-state index in [0.29, 0.717) is 12.5 Å². The predicted octanol–water partition coefficient (Wildman–Crippen LogP) is 2.49. The standard InChI is InChI=1S/C12H18O2/c1-9(2)11-5-4-10(3)12(8-11)14-7-6-13/h4-5,8-9,13H,6-7H2,1-3H3. The van der Waals surface area contributed by atoms with Crippen LogP contribution in [0.4, 0.5) is 0 Å². The summed E-state index contributed by atoms with van der Waals surface area (Å²) < 4.78 is 5.43. The Morgan fingerprint density at radius 3 is 2.64 bits per heavy atom. The van der Waals surface area contributed by atoms with Crippen molar-refractivity contribution < 1.29 is 9.84 Å². The summed E-state index contributed by atoms with van der Waals surface area (Å²) in [5, 5.41) is 8.67. The zero-order valence-corrected chi connectivity index (χ0v) is 9.08. The maximum absolute atomic E-state index is 8.67. The topological polar surface area (TPSA) is 29.5 Å². The SMILES string of the molecule is Cc1ccc(C(C)C)cc1OCCO. The second kappa shape index (κ2) is 5.01. The van der Waals surface area contributed by atoms with Gasteiger partial charge in [-0.3, -0.25) is 0 Å². The largest absolute Gasteiger partial charge is 0.491 e. The Balaban J connectivity index is 2.85. The summed E-state index contributed by atoms with van der Waals surface area (Å²) in [5.74, 6) is 1.39. The summed E-state index contributed by atoms with van der Waals surface area (Å²) in [6, 6.07) is 6.23. The van der Waals surface area contributed by atoms with Crippen LogP contribution in [-0.4, -0.2) is 18.3 Å². The molecule has 0 saturated carbocycles. The molecule has 0 atom stereocenters. The van der Waals surface area contributed by atoms with Crippen molar-refractivity contribution in [3.63, 3.8) is 0 Å². The molecule has 2 heteroatoms. The van der Waals surface area contributed by atoms with Gasteiger partial charge in [0.15, 0.2) is 0 Å². The quantitative estimate of drug-likeness (QED) is 0.798. The van der Waals surface area contributed by atoms with Gasteiger partial charge in [-0.05, 0) is 30.0 Å². The molecule has 2 nitrogen and oxygen atoms in total. The molecule has 0 aliphatic heterocycles. The summed E-state index contributed by atoms with van der Waals surface area (Å²) >= 11 is 0. The molecule has 1 rings (SSSR count). The van der Waals surface area contributed by atoms with Crippen LogP contribution >= 0.6 is 0 Å². The van der Waals surface area contributed by atoms with Crippen molar-refractivity contribution in [1.29, 1.82) is 0 Å². The molecular weight excluding hydrogens is 176 g/mol. The summed E-state index contributed by atoms with van der Waals surface area (Å²) in [7, 11) is 0. The number of hydrogen-bond donors (Lipinski definition) is 1. The Morgan fingerprint density at radius 2 is 2.07 bits per heavy atom. The van der Waals surface area contributed by atoms with E-state index in [1.54, 1.807) is 0 Å². The minimum Gasteiger partial charge on any atom is -0.491 e. The predicted molar refractivity (Wildman–Crippen MR) is 57.8 cm³/mol. The van der Waals surface area contributed by atoms with Gasteiger partial charge in [-0.25, -0.2) is 0 Å². The van der Waals surface area contributed by atoms with E-state index in [0.717, 1.165) is 11.3 Å². The van der Waals surface area contributed by atoms with Gasteiger partial charge in [0.25, 0.3) is 0 Å². The van der Waals surface area contributed by atoms with E-state index in [2.05, 4.69) is 32.0 Å². The van der Waals surface area contributed by atoms with Crippen molar-refractivity contribution >= 4 is 0 Å². The van der Waals surface area contributed by atoms with Crippen LogP contribution in [0.25, 0.3) is 0 Å². The van der Waals surface area contributed by atoms with E-state index in [9.17, 15) is 0 Å². The van der Waals surface area contributed by atoms with Crippen molar-refractivity contribution in [2.24, 2.45) is 0 Å². The highest BCUT2D eigenvalue weighted by molar-refractivity contribution is 5.37. The molecule has 0 saturated heterocycles. The molecule has 14 heavy (non-hydrogen) atoms. The van der Waals surface area contributed by atoms with Gasteiger partial charge < -0.3 is 9.84 Å². The van der Waals surface area contributed by atoms with Gasteiger partial charge in [0.2, 0.25) is 0 Å². The summed E-state index contributed by atoms with van der Waals surface area (Å²) in [6.07, 6.45) is 0. The first-order chi connectivity index (χ1) is 6.65. The third-order valence-electron chi connectivity index (χ3n) is 2.23. The van der Waals surface area contributed by atoms with Gasteiger partial charge in [0.1, 0.15) is 12.4 Å². The van der Waals surface area contributed by atoms with E-state index >= 15 is 0 Å². The Morgan fingerprint density at radius 1 is 1.36 bits per heavy atom. The van der Waals surface area contributed by atoms with Crippen molar-refractivity contribution in [3.05, 3.63) is 29.3 Å². The fraction of sp³-hybridized carbons (Fsp3) is 0.500. The Labute approximate surface area is 85.5 Å². The van der Waals surface area contributed by atoms with E-state index < -0.39 is 0 Å². The fourth-order valence-corrected chi connectivity index (χ4v) is 1.29. The Hall–Kier alpha value is -1.02. The third-order valence-corrected chi connectivity index (χ3v) is 2.23. The second-order valence-electron chi connectivity index (χ2n) is 3.75. The van der Waals surface area contributed by atoms with E-state index in [-0.39, 0.29) is 6.61 Å². The van der Waals surface area contributed by atoms with Gasteiger partial charge in [-0.2, -0.15) is 0 Å². The van der Waals surface area contributed by atoms with Crippen LogP contribution in [0.2, 0.25) is 0 Å². The van der Waals surface area contributed by atoms with E-state index in [1.807, 2.05) is 6.92 Å². The average molecular weight is 194 g/mol. The van der Waals surface area contributed by atoms with Crippen LogP contribution in [0.1, 0.15) is 30.9 Å². The molecule has 1 N–H and O–H groups in total. The molecule has 1 aromatic carbocycles. The first-order valence-electron chi connectivity index (χ1n) is 4.99. The monoisotopic (exact) mass is 194 g/mol. The van der Waals surface area contributed by atoms with Crippen LogP contribution in [0.3, 0.4) is 0 Å². The highest BCUT2D eigenvalue weighted by atomic mass is 16.5. The maximum atomic E-state index is 8.67. The number of aliphatic hydroxyl groups is 1. The molecule has 78 valence electrons. The smallest absolute Gasteiger partial charge is 0.122 e. The summed E-state index contributed by atoms with van der Waals surface area (Å²) in [6.45, 7) is 6.74. The van der Waals surface area contributed by atoms with Crippen LogP contribution in [0.15, 0.2) is 18.2 Å². The number of rotatable bonds is 4. The summed E-state index contributed by atoms with van der Waals surface area (Å²) in [4.78, 5) is 0. The molecule has 0 amide bonds. The van der Waals surface area contributed by atoms with Crippen LogP contribution in [-0.2, 0) is 0 Å². The molecule has 0 spiro atoms. The van der Waals surface area contributed by atoms with Gasteiger partial charge >= 0.3 is 0 Å². The molecule has 0 aromatic heterocycles. The first-order valence-corrected chi connectivity index (χ1v) is 4.99. The minimum absolute atomic E-state index is 0.0609. The van der Waals surface area contributed by atoms with Crippen LogP contribution < -0.4 is 4.74 Å². The lowest BCUT2D eigenvalue weighted by atomic mass is 10.0. The number of aliphatic hydroxyl groups excluding tert-OH is 1. The normalized spacial score (nSPS) is 10.6. The highest BCUT2D eigenvalue weighted by Gasteiger charge is 2.04. The highest BCUT2D eigenvalue weighted by Crippen LogP contribution is 2.23. The lowest BCUT2D eigenvalue weighted by molar-refractivity contribution is 0.200. The number of hydrogen-bond acceptors (Lipinski definition) is 2. The minimum atomic E-state index is 0.0609. The number of ether oxygens (including phenoxy) is 1. The van der Waals surface area contributed by atoms with Gasteiger partial charge in [-0.15, -0.1) is 0 Å². The molecule has 1 aromatic rings. The van der Waals surface area contributed by atoms with Crippen LogP contribution in [0, 0.1) is 6.92 Å². The second-order valence-corrected chi connectivity index (χ2v) is 3.75. The van der Waals surface area contributed by atoms with Crippen molar-refractivity contribution in [2.75, 3.05) is 13.2 Å². The Bertz CT molecular complexity index is 292. The number of aryl methyl sites for hydroxylation is 1. The zero-order chi connectivity index (χ0) is 10.6. The molecule has 0 radical (unpaired) electrons. The molecule has 0 bridgehead atoms. The molecule has 0 unspecified atom stereocenters. The first kappa shape index (κ1) is 11.1. The van der Waals surface area contributed by atoms with E-state index in [4.69, 9.17) is 9.84 Å². The summed E-state index contributed by atoms with van der Waals surface area (Å²) in [5.41, 5.74) is 2.38. The molecule has 0 heterocycles. The fourth-order valence-electron chi connectivity index (χ4n) is 1.29. The van der Waals surface area contributed by atoms with Crippen molar-refractivity contribution in [2.45, 2.75) is 26.7 Å². The van der Waals surface area contributed by atoms with Crippen LogP contribution in [0.5, 0.6) is 5.75 Å². The average Bonchev–Trinajstić information content (AvgIpc) is 2.16. The van der Waals surface area contributed by atoms with Crippen molar-refractivity contribution in [3.8, 4) is 5.75 Å². The van der Waals surface area contributed by atoms with E-state index in [1.165, 1.54) is 5.56 Å². The molecular formula is C12H18O2. The van der Waals surface area contributed by atoms with Gasteiger partial charge in [0.05, 0.1) is 6.61 Å². The molecule has 0 aliphatic rings. The number of benzene rings is 1. The third kappa shape index (κ3) is 2.74.